The van der Waals surface area contributed by atoms with Crippen LogP contribution < -0.4 is 4.72 Å². The zero-order valence-electron chi connectivity index (χ0n) is 11.1. The fourth-order valence-corrected chi connectivity index (χ4v) is 2.86. The zero-order chi connectivity index (χ0) is 13.8. The molecule has 0 radical (unpaired) electrons. The molecule has 6 heteroatoms. The first-order chi connectivity index (χ1) is 8.40. The summed E-state index contributed by atoms with van der Waals surface area (Å²) >= 11 is 0. The lowest BCUT2D eigenvalue weighted by molar-refractivity contribution is -0.0960. The van der Waals surface area contributed by atoms with Gasteiger partial charge in [0, 0.05) is 14.2 Å². The Morgan fingerprint density at radius 2 is 1.83 bits per heavy atom. The van der Waals surface area contributed by atoms with Crippen LogP contribution in [0.25, 0.3) is 0 Å². The number of benzene rings is 1. The van der Waals surface area contributed by atoms with Gasteiger partial charge in [0.05, 0.1) is 11.4 Å². The van der Waals surface area contributed by atoms with Crippen LogP contribution in [0.5, 0.6) is 0 Å². The third-order valence-electron chi connectivity index (χ3n) is 2.60. The van der Waals surface area contributed by atoms with Crippen LogP contribution in [0.4, 0.5) is 0 Å². The third kappa shape index (κ3) is 3.78. The van der Waals surface area contributed by atoms with E-state index in [9.17, 15) is 8.42 Å². The summed E-state index contributed by atoms with van der Waals surface area (Å²) in [6, 6.07) is 5.31. The van der Waals surface area contributed by atoms with E-state index in [-0.39, 0.29) is 11.4 Å². The van der Waals surface area contributed by atoms with E-state index in [0.29, 0.717) is 5.56 Å². The molecule has 0 atom stereocenters. The van der Waals surface area contributed by atoms with Crippen LogP contribution in [0, 0.1) is 13.8 Å². The fraction of sp³-hybridized carbons (Fsp3) is 0.500. The van der Waals surface area contributed by atoms with Crippen molar-refractivity contribution in [2.45, 2.75) is 25.0 Å². The monoisotopic (exact) mass is 273 g/mol. The molecule has 0 aliphatic carbocycles. The van der Waals surface area contributed by atoms with Crippen LogP contribution in [0.2, 0.25) is 0 Å². The van der Waals surface area contributed by atoms with E-state index in [1.807, 2.05) is 13.0 Å². The van der Waals surface area contributed by atoms with E-state index < -0.39 is 16.3 Å². The Balaban J connectivity index is 2.89. The number of ether oxygens (including phenoxy) is 2. The molecule has 1 aromatic rings. The number of sulfonamides is 1. The molecule has 0 heterocycles. The van der Waals surface area contributed by atoms with E-state index in [0.717, 1.165) is 5.56 Å². The SMILES string of the molecule is COC(CNS(=O)(=O)c1cc(C)ccc1C)OC. The number of aryl methyl sites for hydroxylation is 2. The molecule has 5 nitrogen and oxygen atoms in total. The van der Waals surface area contributed by atoms with E-state index >= 15 is 0 Å². The van der Waals surface area contributed by atoms with E-state index in [1.54, 1.807) is 19.1 Å². The molecule has 18 heavy (non-hydrogen) atoms. The Labute approximate surface area is 108 Å². The molecule has 0 aliphatic heterocycles. The highest BCUT2D eigenvalue weighted by Crippen LogP contribution is 2.16. The van der Waals surface area contributed by atoms with Crippen LogP contribution in [0.3, 0.4) is 0 Å². The third-order valence-corrected chi connectivity index (χ3v) is 4.16. The Morgan fingerprint density at radius 3 is 2.39 bits per heavy atom. The second-order valence-corrected chi connectivity index (χ2v) is 5.76. The lowest BCUT2D eigenvalue weighted by atomic mass is 10.2. The van der Waals surface area contributed by atoms with Gasteiger partial charge in [0.15, 0.2) is 6.29 Å². The van der Waals surface area contributed by atoms with Crippen LogP contribution in [0.15, 0.2) is 23.1 Å². The molecule has 0 spiro atoms. The van der Waals surface area contributed by atoms with Gasteiger partial charge in [-0.15, -0.1) is 0 Å². The molecule has 1 N–H and O–H groups in total. The minimum absolute atomic E-state index is 0.0721. The van der Waals surface area contributed by atoms with E-state index in [4.69, 9.17) is 9.47 Å². The topological polar surface area (TPSA) is 64.6 Å². The van der Waals surface area contributed by atoms with Gasteiger partial charge in [0.1, 0.15) is 0 Å². The van der Waals surface area contributed by atoms with Gasteiger partial charge in [-0.25, -0.2) is 13.1 Å². The Kier molecular flexibility index (Phi) is 5.28. The van der Waals surface area contributed by atoms with Gasteiger partial charge >= 0.3 is 0 Å². The van der Waals surface area contributed by atoms with Crippen molar-refractivity contribution >= 4 is 10.0 Å². The summed E-state index contributed by atoms with van der Waals surface area (Å²) < 4.78 is 36.6. The summed E-state index contributed by atoms with van der Waals surface area (Å²) in [7, 11) is -0.621. The highest BCUT2D eigenvalue weighted by Gasteiger charge is 2.18. The highest BCUT2D eigenvalue weighted by molar-refractivity contribution is 7.89. The average molecular weight is 273 g/mol. The lowest BCUT2D eigenvalue weighted by Gasteiger charge is -2.15. The number of methoxy groups -OCH3 is 2. The fourth-order valence-electron chi connectivity index (χ4n) is 1.52. The van der Waals surface area contributed by atoms with Crippen LogP contribution in [-0.4, -0.2) is 35.5 Å². The summed E-state index contributed by atoms with van der Waals surface area (Å²) in [4.78, 5) is 0.286. The molecule has 1 rings (SSSR count). The van der Waals surface area contributed by atoms with E-state index in [1.165, 1.54) is 14.2 Å². The highest BCUT2D eigenvalue weighted by atomic mass is 32.2. The molecule has 0 aliphatic rings. The first kappa shape index (κ1) is 15.1. The zero-order valence-corrected chi connectivity index (χ0v) is 11.9. The van der Waals surface area contributed by atoms with Crippen molar-refractivity contribution in [2.24, 2.45) is 0 Å². The predicted molar refractivity (Wildman–Crippen MR) is 68.9 cm³/mol. The van der Waals surface area contributed by atoms with Crippen molar-refractivity contribution < 1.29 is 17.9 Å². The minimum atomic E-state index is -3.54. The van der Waals surface area contributed by atoms with Crippen molar-refractivity contribution in [3.05, 3.63) is 29.3 Å². The molecular weight excluding hydrogens is 254 g/mol. The number of hydrogen-bond donors (Lipinski definition) is 1. The molecule has 0 saturated carbocycles. The minimum Gasteiger partial charge on any atom is -0.355 e. The van der Waals surface area contributed by atoms with Gasteiger partial charge < -0.3 is 9.47 Å². The summed E-state index contributed by atoms with van der Waals surface area (Å²) in [6.07, 6.45) is -0.593. The quantitative estimate of drug-likeness (QED) is 0.791. The van der Waals surface area contributed by atoms with Gasteiger partial charge in [-0.05, 0) is 31.0 Å². The maximum Gasteiger partial charge on any atom is 0.241 e. The molecule has 1 aromatic carbocycles. The van der Waals surface area contributed by atoms with Crippen molar-refractivity contribution in [3.63, 3.8) is 0 Å². The standard InChI is InChI=1S/C12H19NO4S/c1-9-5-6-10(2)11(7-9)18(14,15)13-8-12(16-3)17-4/h5-7,12-13H,8H2,1-4H3. The first-order valence-electron chi connectivity index (χ1n) is 5.53. The normalized spacial score (nSPS) is 12.1. The van der Waals surface area contributed by atoms with Gasteiger partial charge in [-0.2, -0.15) is 0 Å². The Hall–Kier alpha value is -0.950. The Bertz CT molecular complexity index is 495. The number of nitrogens with one attached hydrogen (secondary N) is 1. The average Bonchev–Trinajstić information content (AvgIpc) is 2.33. The van der Waals surface area contributed by atoms with Crippen LogP contribution in [0.1, 0.15) is 11.1 Å². The summed E-state index contributed by atoms with van der Waals surface area (Å²) in [5.41, 5.74) is 1.61. The van der Waals surface area contributed by atoms with Crippen molar-refractivity contribution in [2.75, 3.05) is 20.8 Å². The number of rotatable bonds is 6. The molecule has 0 amide bonds. The maximum atomic E-state index is 12.1. The van der Waals surface area contributed by atoms with Gasteiger partial charge in [0.25, 0.3) is 0 Å². The Morgan fingerprint density at radius 1 is 1.22 bits per heavy atom. The van der Waals surface area contributed by atoms with Crippen LogP contribution in [-0.2, 0) is 19.5 Å². The summed E-state index contributed by atoms with van der Waals surface area (Å²) in [5.74, 6) is 0. The largest absolute Gasteiger partial charge is 0.355 e. The first-order valence-corrected chi connectivity index (χ1v) is 7.01. The van der Waals surface area contributed by atoms with E-state index in [2.05, 4.69) is 4.72 Å². The van der Waals surface area contributed by atoms with Crippen molar-refractivity contribution in [3.8, 4) is 0 Å². The van der Waals surface area contributed by atoms with Gasteiger partial charge in [0.2, 0.25) is 10.0 Å². The second kappa shape index (κ2) is 6.29. The van der Waals surface area contributed by atoms with Crippen molar-refractivity contribution in [1.29, 1.82) is 0 Å². The number of hydrogen-bond acceptors (Lipinski definition) is 4. The lowest BCUT2D eigenvalue weighted by Crippen LogP contribution is -2.34. The van der Waals surface area contributed by atoms with Crippen molar-refractivity contribution in [1.82, 2.24) is 4.72 Å². The molecule has 102 valence electrons. The summed E-state index contributed by atoms with van der Waals surface area (Å²) in [5, 5.41) is 0. The van der Waals surface area contributed by atoms with Gasteiger partial charge in [-0.3, -0.25) is 0 Å². The smallest absolute Gasteiger partial charge is 0.241 e. The molecular formula is C12H19NO4S. The molecule has 0 bridgehead atoms. The summed E-state index contributed by atoms with van der Waals surface area (Å²) in [6.45, 7) is 3.69. The molecule has 0 aromatic heterocycles. The van der Waals surface area contributed by atoms with Crippen LogP contribution >= 0.6 is 0 Å². The predicted octanol–water partition coefficient (Wildman–Crippen LogP) is 1.20. The second-order valence-electron chi connectivity index (χ2n) is 4.02. The maximum absolute atomic E-state index is 12.1. The molecule has 0 unspecified atom stereocenters. The van der Waals surface area contributed by atoms with Gasteiger partial charge in [-0.1, -0.05) is 12.1 Å². The molecule has 0 fully saturated rings. The molecule has 0 saturated heterocycles.